The first-order chi connectivity index (χ1) is 15.9. The lowest BCUT2D eigenvalue weighted by Gasteiger charge is -2.36. The fraction of sp³-hybridized carbons (Fsp3) is 0.417. The predicted molar refractivity (Wildman–Crippen MR) is 120 cm³/mol. The number of carbonyl (C=O) groups excluding carboxylic acids is 4. The number of piperazine rings is 1. The van der Waals surface area contributed by atoms with Crippen LogP contribution in [0.4, 0.5) is 10.5 Å². The van der Waals surface area contributed by atoms with Crippen molar-refractivity contribution in [2.45, 2.75) is 13.3 Å². The summed E-state index contributed by atoms with van der Waals surface area (Å²) in [5, 5.41) is 1.59. The summed E-state index contributed by atoms with van der Waals surface area (Å²) in [5.74, 6) is -3.57. The predicted octanol–water partition coefficient (Wildman–Crippen LogP) is 2.08. The number of nitrogens with two attached hydrogens (primary N) is 1. The average molecular weight is 453 g/mol. The topological polar surface area (TPSA) is 119 Å². The van der Waals surface area contributed by atoms with E-state index in [9.17, 15) is 19.2 Å². The highest BCUT2D eigenvalue weighted by molar-refractivity contribution is 6.17. The van der Waals surface area contributed by atoms with Crippen LogP contribution in [0.2, 0.25) is 0 Å². The first kappa shape index (κ1) is 22.6. The fourth-order valence-corrected chi connectivity index (χ4v) is 4.48. The molecule has 33 heavy (non-hydrogen) atoms. The first-order valence-electron chi connectivity index (χ1n) is 11.1. The van der Waals surface area contributed by atoms with Gasteiger partial charge in [-0.05, 0) is 24.8 Å². The van der Waals surface area contributed by atoms with E-state index in [0.29, 0.717) is 18.5 Å². The molecule has 0 aliphatic carbocycles. The Labute approximate surface area is 191 Å². The molecule has 0 bridgehead atoms. The van der Waals surface area contributed by atoms with Crippen LogP contribution in [0, 0.1) is 11.8 Å². The number of hydrogen-bond acceptors (Lipinski definition) is 7. The average Bonchev–Trinajstić information content (AvgIpc) is 3.25. The number of esters is 1. The minimum Gasteiger partial charge on any atom is -0.465 e. The van der Waals surface area contributed by atoms with Crippen molar-refractivity contribution in [1.29, 1.82) is 0 Å². The van der Waals surface area contributed by atoms with E-state index in [1.165, 1.54) is 9.80 Å². The van der Waals surface area contributed by atoms with Gasteiger partial charge in [0, 0.05) is 37.1 Å². The van der Waals surface area contributed by atoms with E-state index in [4.69, 9.17) is 15.2 Å². The summed E-state index contributed by atoms with van der Waals surface area (Å²) in [6.07, 6.45) is -0.141. The molecule has 0 spiro atoms. The maximum atomic E-state index is 13.7. The molecule has 9 nitrogen and oxygen atoms in total. The molecule has 2 aromatic rings. The Hall–Kier alpha value is -3.62. The second-order valence-electron chi connectivity index (χ2n) is 8.16. The molecule has 2 unspecified atom stereocenters. The number of benzene rings is 2. The minimum atomic E-state index is -1.22. The van der Waals surface area contributed by atoms with E-state index in [0.717, 1.165) is 5.39 Å². The zero-order chi connectivity index (χ0) is 23.5. The quantitative estimate of drug-likeness (QED) is 0.319. The van der Waals surface area contributed by atoms with Crippen molar-refractivity contribution >= 4 is 40.2 Å². The maximum Gasteiger partial charge on any atom is 0.409 e. The number of Topliss-reactive ketones (excluding diaryl/α,β-unsaturated/α-hetero) is 1. The summed E-state index contributed by atoms with van der Waals surface area (Å²) in [5.41, 5.74) is 6.84. The Kier molecular flexibility index (Phi) is 6.48. The molecule has 2 N–H and O–H groups in total. The van der Waals surface area contributed by atoms with Crippen LogP contribution < -0.4 is 5.73 Å². The summed E-state index contributed by atoms with van der Waals surface area (Å²) in [7, 11) is 0. The van der Waals surface area contributed by atoms with Gasteiger partial charge in [0.2, 0.25) is 5.91 Å². The zero-order valence-electron chi connectivity index (χ0n) is 18.5. The third-order valence-electron chi connectivity index (χ3n) is 6.28. The van der Waals surface area contributed by atoms with Gasteiger partial charge in [-0.25, -0.2) is 4.79 Å². The summed E-state index contributed by atoms with van der Waals surface area (Å²) in [6.45, 7) is 3.24. The number of rotatable bonds is 5. The highest BCUT2D eigenvalue weighted by atomic mass is 16.6. The van der Waals surface area contributed by atoms with Crippen molar-refractivity contribution in [1.82, 2.24) is 9.80 Å². The van der Waals surface area contributed by atoms with Crippen LogP contribution in [0.15, 0.2) is 36.4 Å². The van der Waals surface area contributed by atoms with Crippen LogP contribution in [-0.2, 0) is 19.1 Å². The molecule has 4 rings (SSSR count). The summed E-state index contributed by atoms with van der Waals surface area (Å²) in [6, 6.07) is 10.8. The number of ketones is 1. The molecule has 0 radical (unpaired) electrons. The van der Waals surface area contributed by atoms with Crippen molar-refractivity contribution in [2.75, 3.05) is 45.1 Å². The van der Waals surface area contributed by atoms with Gasteiger partial charge in [-0.2, -0.15) is 0 Å². The van der Waals surface area contributed by atoms with Gasteiger partial charge in [-0.1, -0.05) is 30.3 Å². The van der Waals surface area contributed by atoms with Crippen molar-refractivity contribution < 1.29 is 28.7 Å². The third kappa shape index (κ3) is 4.35. The molecule has 2 amide bonds. The third-order valence-corrected chi connectivity index (χ3v) is 6.28. The Morgan fingerprint density at radius 1 is 1.09 bits per heavy atom. The highest BCUT2D eigenvalue weighted by Gasteiger charge is 2.45. The number of amides is 2. The molecule has 9 heteroatoms. The van der Waals surface area contributed by atoms with Gasteiger partial charge >= 0.3 is 12.1 Å². The zero-order valence-corrected chi connectivity index (χ0v) is 18.5. The molecule has 2 saturated heterocycles. The molecule has 0 saturated carbocycles. The molecule has 2 atom stereocenters. The Bertz CT molecular complexity index is 1090. The van der Waals surface area contributed by atoms with Crippen LogP contribution >= 0.6 is 0 Å². The lowest BCUT2D eigenvalue weighted by Crippen LogP contribution is -2.54. The van der Waals surface area contributed by atoms with E-state index < -0.39 is 35.6 Å². The van der Waals surface area contributed by atoms with Crippen LogP contribution in [0.5, 0.6) is 0 Å². The monoisotopic (exact) mass is 453 g/mol. The van der Waals surface area contributed by atoms with Gasteiger partial charge in [0.05, 0.1) is 24.8 Å². The number of ether oxygens (including phenoxy) is 2. The number of nitrogens with zero attached hydrogens (tertiary/aromatic N) is 2. The number of hydrogen-bond donors (Lipinski definition) is 1. The molecule has 0 aromatic heterocycles. The number of carbonyl (C=O) groups is 4. The molecule has 2 fully saturated rings. The standard InChI is InChI=1S/C24H27N3O6/c1-2-32-24(31)27-12-10-26(11-13-27)22(29)19(17-9-14-33-23(17)30)21(28)18-8-7-15-5-3-4-6-16(15)20(18)25/h3-8,17,19H,2,9-14,25H2,1H3. The van der Waals surface area contributed by atoms with E-state index in [2.05, 4.69) is 0 Å². The van der Waals surface area contributed by atoms with Crippen molar-refractivity contribution in [3.8, 4) is 0 Å². The van der Waals surface area contributed by atoms with Gasteiger partial charge in [0.15, 0.2) is 5.78 Å². The van der Waals surface area contributed by atoms with Crippen LogP contribution in [0.25, 0.3) is 10.8 Å². The van der Waals surface area contributed by atoms with Gasteiger partial charge in [0.25, 0.3) is 0 Å². The van der Waals surface area contributed by atoms with Gasteiger partial charge in [0.1, 0.15) is 5.92 Å². The second kappa shape index (κ2) is 9.48. The Morgan fingerprint density at radius 2 is 1.79 bits per heavy atom. The molecule has 174 valence electrons. The maximum absolute atomic E-state index is 13.7. The minimum absolute atomic E-state index is 0.171. The van der Waals surface area contributed by atoms with Crippen LogP contribution in [-0.4, -0.2) is 72.9 Å². The lowest BCUT2D eigenvalue weighted by molar-refractivity contribution is -0.147. The Balaban J connectivity index is 1.61. The highest BCUT2D eigenvalue weighted by Crippen LogP contribution is 2.33. The molecule has 2 aliphatic heterocycles. The lowest BCUT2D eigenvalue weighted by atomic mass is 9.82. The van der Waals surface area contributed by atoms with Crippen molar-refractivity contribution in [3.63, 3.8) is 0 Å². The largest absolute Gasteiger partial charge is 0.465 e. The normalized spacial score (nSPS) is 19.3. The molecule has 2 aliphatic rings. The van der Waals surface area contributed by atoms with E-state index >= 15 is 0 Å². The van der Waals surface area contributed by atoms with E-state index in [1.807, 2.05) is 24.3 Å². The smallest absolute Gasteiger partial charge is 0.409 e. The number of fused-ring (bicyclic) bond motifs is 1. The first-order valence-corrected chi connectivity index (χ1v) is 11.1. The summed E-state index contributed by atoms with van der Waals surface area (Å²) >= 11 is 0. The van der Waals surface area contributed by atoms with Crippen molar-refractivity contribution in [2.24, 2.45) is 11.8 Å². The van der Waals surface area contributed by atoms with Gasteiger partial charge < -0.3 is 25.0 Å². The van der Waals surface area contributed by atoms with Crippen molar-refractivity contribution in [3.05, 3.63) is 42.0 Å². The SMILES string of the molecule is CCOC(=O)N1CCN(C(=O)C(C(=O)c2ccc3ccccc3c2N)C2CCOC2=O)CC1. The van der Waals surface area contributed by atoms with Gasteiger partial charge in [-0.15, -0.1) is 0 Å². The van der Waals surface area contributed by atoms with Crippen LogP contribution in [0.1, 0.15) is 23.7 Å². The van der Waals surface area contributed by atoms with Gasteiger partial charge in [-0.3, -0.25) is 14.4 Å². The van der Waals surface area contributed by atoms with E-state index in [1.54, 1.807) is 19.1 Å². The second-order valence-corrected chi connectivity index (χ2v) is 8.16. The molecule has 2 aromatic carbocycles. The number of nitrogen functional groups attached to an aromatic ring is 1. The molecule has 2 heterocycles. The van der Waals surface area contributed by atoms with Crippen LogP contribution in [0.3, 0.4) is 0 Å². The number of anilines is 1. The van der Waals surface area contributed by atoms with E-state index in [-0.39, 0.29) is 44.0 Å². The number of cyclic esters (lactones) is 1. The molecular weight excluding hydrogens is 426 g/mol. The Morgan fingerprint density at radius 3 is 2.45 bits per heavy atom. The summed E-state index contributed by atoms with van der Waals surface area (Å²) in [4.78, 5) is 54.6. The molecular formula is C24H27N3O6. The summed E-state index contributed by atoms with van der Waals surface area (Å²) < 4.78 is 10.1. The fourth-order valence-electron chi connectivity index (χ4n) is 4.48.